The third-order valence-electron chi connectivity index (χ3n) is 11.6. The van der Waals surface area contributed by atoms with Crippen LogP contribution in [0.15, 0.2) is 182 Å². The van der Waals surface area contributed by atoms with Crippen molar-refractivity contribution in [2.75, 3.05) is 0 Å². The van der Waals surface area contributed by atoms with E-state index in [0.29, 0.717) is 5.95 Å². The van der Waals surface area contributed by atoms with E-state index in [4.69, 9.17) is 9.97 Å². The summed E-state index contributed by atoms with van der Waals surface area (Å²) in [5.41, 5.74) is 11.0. The maximum Gasteiger partial charge on any atom is 0.235 e. The minimum absolute atomic E-state index is 0.0242. The molecule has 0 amide bonds. The number of nitrogens with zero attached hydrogens (tertiary/aromatic N) is 4. The standard InChI is InChI=1S/C51H33N4S/c1-56-46-23-13-10-20-39(46)48-47(56)29-27-41-49(48)50(32-14-4-2-5-15-32)53-51(52-41)55-43-22-12-8-18-36(43)38-26-24-34(31-45(38)55)33-25-28-44-40(30-33)37-19-9-11-21-42(37)54(44)35-16-6-3-7-17-35/h2-31H,1H3/q+1. The van der Waals surface area contributed by atoms with Crippen molar-refractivity contribution in [3.63, 3.8) is 0 Å². The molecule has 0 saturated carbocycles. The van der Waals surface area contributed by atoms with Crippen LogP contribution >= 0.6 is 10.5 Å². The molecule has 4 nitrogen and oxygen atoms in total. The molecule has 0 saturated heterocycles. The third kappa shape index (κ3) is 4.46. The van der Waals surface area contributed by atoms with Crippen LogP contribution in [0.3, 0.4) is 0 Å². The van der Waals surface area contributed by atoms with Crippen molar-refractivity contribution < 1.29 is 0 Å². The number of rotatable bonds is 4. The van der Waals surface area contributed by atoms with E-state index in [1.54, 1.807) is 0 Å². The largest absolute Gasteiger partial charge is 0.309 e. The summed E-state index contributed by atoms with van der Waals surface area (Å²) >= 11 is 0. The smallest absolute Gasteiger partial charge is 0.235 e. The van der Waals surface area contributed by atoms with Crippen molar-refractivity contribution in [3.05, 3.63) is 182 Å². The molecule has 12 rings (SSSR count). The molecule has 0 bridgehead atoms. The lowest BCUT2D eigenvalue weighted by Gasteiger charge is -2.13. The van der Waals surface area contributed by atoms with Crippen molar-refractivity contribution >= 4 is 85.2 Å². The molecule has 0 radical (unpaired) electrons. The Morgan fingerprint density at radius 2 is 1.00 bits per heavy atom. The lowest BCUT2D eigenvalue weighted by atomic mass is 10.0. The average molecular weight is 734 g/mol. The zero-order chi connectivity index (χ0) is 36.9. The van der Waals surface area contributed by atoms with Gasteiger partial charge < -0.3 is 4.57 Å². The van der Waals surface area contributed by atoms with Crippen LogP contribution in [-0.2, 0) is 6.26 Å². The van der Waals surface area contributed by atoms with Crippen LogP contribution in [0.1, 0.15) is 0 Å². The molecule has 8 aromatic carbocycles. The molecule has 262 valence electrons. The predicted molar refractivity (Wildman–Crippen MR) is 238 cm³/mol. The van der Waals surface area contributed by atoms with Crippen LogP contribution in [0.2, 0.25) is 0 Å². The summed E-state index contributed by atoms with van der Waals surface area (Å²) in [5.74, 6) is 0.669. The zero-order valence-electron chi connectivity index (χ0n) is 30.5. The van der Waals surface area contributed by atoms with Gasteiger partial charge in [0.25, 0.3) is 0 Å². The Balaban J connectivity index is 1.12. The van der Waals surface area contributed by atoms with Gasteiger partial charge in [0.1, 0.15) is 6.26 Å². The Hall–Kier alpha value is -7.08. The summed E-state index contributed by atoms with van der Waals surface area (Å²) in [5, 5.41) is 8.50. The van der Waals surface area contributed by atoms with E-state index >= 15 is 0 Å². The Morgan fingerprint density at radius 3 is 1.80 bits per heavy atom. The van der Waals surface area contributed by atoms with Gasteiger partial charge in [-0.1, -0.05) is 115 Å². The van der Waals surface area contributed by atoms with E-state index in [0.717, 1.165) is 44.4 Å². The van der Waals surface area contributed by atoms with Crippen LogP contribution in [0.4, 0.5) is 0 Å². The van der Waals surface area contributed by atoms with Gasteiger partial charge >= 0.3 is 0 Å². The van der Waals surface area contributed by atoms with Gasteiger partial charge in [0.2, 0.25) is 5.95 Å². The second-order valence-electron chi connectivity index (χ2n) is 14.6. The number of benzene rings is 8. The fourth-order valence-electron chi connectivity index (χ4n) is 9.05. The first-order chi connectivity index (χ1) is 27.7. The van der Waals surface area contributed by atoms with Crippen LogP contribution < -0.4 is 0 Å². The van der Waals surface area contributed by atoms with Gasteiger partial charge in [0, 0.05) is 49.6 Å². The molecule has 1 unspecified atom stereocenters. The molecule has 0 spiro atoms. The van der Waals surface area contributed by atoms with Gasteiger partial charge in [0.05, 0.1) is 38.7 Å². The number of hydrogen-bond donors (Lipinski definition) is 0. The molecular formula is C51H33N4S+. The Kier molecular flexibility index (Phi) is 6.68. The van der Waals surface area contributed by atoms with Gasteiger partial charge in [-0.3, -0.25) is 4.57 Å². The van der Waals surface area contributed by atoms with Crippen molar-refractivity contribution in [2.24, 2.45) is 6.26 Å². The number of fused-ring (bicyclic) bond motifs is 11. The predicted octanol–water partition coefficient (Wildman–Crippen LogP) is 13.8. The average Bonchev–Trinajstić information content (AvgIpc) is 3.88. The summed E-state index contributed by atoms with van der Waals surface area (Å²) in [7, 11) is -0.0242. The molecule has 12 aromatic rings. The van der Waals surface area contributed by atoms with E-state index in [-0.39, 0.29) is 10.5 Å². The molecule has 0 aliphatic carbocycles. The number of thiophene rings is 1. The van der Waals surface area contributed by atoms with Crippen LogP contribution in [-0.4, -0.2) is 19.1 Å². The molecule has 4 aromatic heterocycles. The maximum absolute atomic E-state index is 5.55. The molecule has 0 aliphatic rings. The van der Waals surface area contributed by atoms with Crippen molar-refractivity contribution in [3.8, 4) is 34.0 Å². The molecule has 5 heteroatoms. The fourth-order valence-corrected chi connectivity index (χ4v) is 10.9. The van der Waals surface area contributed by atoms with Gasteiger partial charge in [-0.05, 0) is 82.3 Å². The summed E-state index contributed by atoms with van der Waals surface area (Å²) in [6, 6.07) is 65.7. The Bertz CT molecular complexity index is 3540. The minimum Gasteiger partial charge on any atom is -0.309 e. The summed E-state index contributed by atoms with van der Waals surface area (Å²) < 4.78 is 7.38. The molecule has 0 fully saturated rings. The van der Waals surface area contributed by atoms with Crippen LogP contribution in [0.5, 0.6) is 0 Å². The lowest BCUT2D eigenvalue weighted by Crippen LogP contribution is -2.03. The number of aryl methyl sites for hydroxylation is 1. The van der Waals surface area contributed by atoms with Gasteiger partial charge in [-0.15, -0.1) is 0 Å². The molecule has 1 atom stereocenters. The molecule has 0 N–H and O–H groups in total. The van der Waals surface area contributed by atoms with Gasteiger partial charge in [0.15, 0.2) is 9.40 Å². The highest BCUT2D eigenvalue weighted by Crippen LogP contribution is 2.46. The van der Waals surface area contributed by atoms with E-state index in [2.05, 4.69) is 197 Å². The number of para-hydroxylation sites is 3. The SMILES string of the molecule is C[s+]1c2ccccc2c2c3c(-c4ccccc4)nc(-n4c5ccccc5c5ccc(-c6ccc7c(c6)c6ccccc6n7-c6ccccc6)cc54)nc3ccc21. The summed E-state index contributed by atoms with van der Waals surface area (Å²) in [6.07, 6.45) is 2.34. The zero-order valence-corrected chi connectivity index (χ0v) is 31.3. The topological polar surface area (TPSA) is 35.6 Å². The highest BCUT2D eigenvalue weighted by molar-refractivity contribution is 7.41. The summed E-state index contributed by atoms with van der Waals surface area (Å²) in [6.45, 7) is 0. The number of aromatic nitrogens is 4. The van der Waals surface area contributed by atoms with Crippen molar-refractivity contribution in [1.82, 2.24) is 19.1 Å². The highest BCUT2D eigenvalue weighted by atomic mass is 32.2. The lowest BCUT2D eigenvalue weighted by molar-refractivity contribution is 1.01. The van der Waals surface area contributed by atoms with Crippen LogP contribution in [0, 0.1) is 0 Å². The first-order valence-electron chi connectivity index (χ1n) is 19.0. The monoisotopic (exact) mass is 733 g/mol. The normalized spacial score (nSPS) is 12.3. The van der Waals surface area contributed by atoms with E-state index < -0.39 is 0 Å². The van der Waals surface area contributed by atoms with E-state index in [9.17, 15) is 0 Å². The van der Waals surface area contributed by atoms with Gasteiger partial charge in [-0.25, -0.2) is 9.97 Å². The summed E-state index contributed by atoms with van der Waals surface area (Å²) in [4.78, 5) is 11.0. The second kappa shape index (κ2) is 12.0. The fraction of sp³-hybridized carbons (Fsp3) is 0.0196. The van der Waals surface area contributed by atoms with E-state index in [1.165, 1.54) is 58.3 Å². The second-order valence-corrected chi connectivity index (χ2v) is 16.5. The number of hydrogen-bond acceptors (Lipinski definition) is 2. The van der Waals surface area contributed by atoms with Gasteiger partial charge in [-0.2, -0.15) is 0 Å². The maximum atomic E-state index is 5.55. The molecule has 0 aliphatic heterocycles. The van der Waals surface area contributed by atoms with Crippen molar-refractivity contribution in [1.29, 1.82) is 0 Å². The quantitative estimate of drug-likeness (QED) is 0.169. The third-order valence-corrected chi connectivity index (χ3v) is 13.6. The minimum atomic E-state index is -0.0242. The molecule has 56 heavy (non-hydrogen) atoms. The first kappa shape index (κ1) is 31.3. The Labute approximate surface area is 325 Å². The van der Waals surface area contributed by atoms with E-state index in [1.807, 2.05) is 0 Å². The molecular weight excluding hydrogens is 701 g/mol. The highest BCUT2D eigenvalue weighted by Gasteiger charge is 2.25. The first-order valence-corrected chi connectivity index (χ1v) is 20.6. The van der Waals surface area contributed by atoms with Crippen molar-refractivity contribution in [2.45, 2.75) is 0 Å². The molecule has 4 heterocycles. The van der Waals surface area contributed by atoms with Crippen LogP contribution in [0.25, 0.3) is 109 Å². The Morgan fingerprint density at radius 1 is 0.393 bits per heavy atom.